The van der Waals surface area contributed by atoms with Crippen LogP contribution in [0.1, 0.15) is 36.0 Å². The zero-order valence-electron chi connectivity index (χ0n) is 12.3. The van der Waals surface area contributed by atoms with E-state index in [1.807, 2.05) is 26.0 Å². The first-order valence-corrected chi connectivity index (χ1v) is 7.25. The van der Waals surface area contributed by atoms with Crippen LogP contribution in [0.4, 0.5) is 5.82 Å². The van der Waals surface area contributed by atoms with Gasteiger partial charge in [0.2, 0.25) is 0 Å². The van der Waals surface area contributed by atoms with Crippen molar-refractivity contribution in [2.75, 3.05) is 18.0 Å². The number of hydrogen-bond acceptors (Lipinski definition) is 5. The van der Waals surface area contributed by atoms with Gasteiger partial charge in [-0.15, -0.1) is 5.10 Å². The van der Waals surface area contributed by atoms with Crippen LogP contribution in [0.5, 0.6) is 0 Å². The van der Waals surface area contributed by atoms with E-state index in [2.05, 4.69) is 25.1 Å². The van der Waals surface area contributed by atoms with Crippen LogP contribution in [0.25, 0.3) is 0 Å². The second-order valence-corrected chi connectivity index (χ2v) is 5.57. The van der Waals surface area contributed by atoms with Crippen molar-refractivity contribution in [3.63, 3.8) is 0 Å². The third-order valence-corrected chi connectivity index (χ3v) is 3.83. The molecule has 0 amide bonds. The lowest BCUT2D eigenvalue weighted by Crippen LogP contribution is -2.35. The van der Waals surface area contributed by atoms with Crippen LogP contribution in [0.3, 0.4) is 0 Å². The lowest BCUT2D eigenvalue weighted by atomic mass is 9.94. The smallest absolute Gasteiger partial charge is 0.251 e. The Morgan fingerprint density at radius 1 is 1.29 bits per heavy atom. The summed E-state index contributed by atoms with van der Waals surface area (Å²) in [7, 11) is 0. The van der Waals surface area contributed by atoms with Crippen LogP contribution >= 0.6 is 0 Å². The highest BCUT2D eigenvalue weighted by atomic mass is 16.1. The number of nitrogens with zero attached hydrogens (tertiary/aromatic N) is 4. The summed E-state index contributed by atoms with van der Waals surface area (Å²) in [5.41, 5.74) is 1.71. The second kappa shape index (κ2) is 5.63. The Morgan fingerprint density at radius 3 is 2.86 bits per heavy atom. The molecule has 6 nitrogen and oxygen atoms in total. The fourth-order valence-corrected chi connectivity index (χ4v) is 2.80. The summed E-state index contributed by atoms with van der Waals surface area (Å²) in [6, 6.07) is 5.59. The van der Waals surface area contributed by atoms with E-state index in [9.17, 15) is 4.79 Å². The molecule has 1 saturated heterocycles. The Morgan fingerprint density at radius 2 is 2.14 bits per heavy atom. The van der Waals surface area contributed by atoms with E-state index in [4.69, 9.17) is 0 Å². The molecule has 2 aromatic rings. The summed E-state index contributed by atoms with van der Waals surface area (Å²) in [6.45, 7) is 5.54. The number of hydrogen-bond donors (Lipinski definition) is 1. The molecule has 3 heterocycles. The van der Waals surface area contributed by atoms with E-state index in [0.29, 0.717) is 5.82 Å². The summed E-state index contributed by atoms with van der Waals surface area (Å²) in [6.07, 6.45) is 2.11. The first kappa shape index (κ1) is 13.7. The van der Waals surface area contributed by atoms with Crippen LogP contribution in [0, 0.1) is 13.8 Å². The van der Waals surface area contributed by atoms with E-state index in [-0.39, 0.29) is 11.5 Å². The lowest BCUT2D eigenvalue weighted by molar-refractivity contribution is 0.495. The highest BCUT2D eigenvalue weighted by Gasteiger charge is 2.24. The van der Waals surface area contributed by atoms with Crippen molar-refractivity contribution in [3.8, 4) is 0 Å². The molecule has 0 aliphatic carbocycles. The van der Waals surface area contributed by atoms with Crippen LogP contribution in [-0.4, -0.2) is 33.3 Å². The van der Waals surface area contributed by atoms with E-state index in [0.717, 1.165) is 43.1 Å². The molecular weight excluding hydrogens is 266 g/mol. The van der Waals surface area contributed by atoms with Crippen LogP contribution in [0.2, 0.25) is 0 Å². The number of nitrogens with one attached hydrogen (secondary N) is 1. The average molecular weight is 285 g/mol. The number of piperidine rings is 1. The van der Waals surface area contributed by atoms with Gasteiger partial charge in [-0.2, -0.15) is 5.10 Å². The molecule has 0 radical (unpaired) electrons. The maximum atomic E-state index is 11.6. The zero-order chi connectivity index (χ0) is 14.8. The lowest BCUT2D eigenvalue weighted by Gasteiger charge is -2.33. The van der Waals surface area contributed by atoms with Gasteiger partial charge in [0.25, 0.3) is 5.56 Å². The van der Waals surface area contributed by atoms with Gasteiger partial charge in [-0.1, -0.05) is 0 Å². The Kier molecular flexibility index (Phi) is 3.68. The van der Waals surface area contributed by atoms with Gasteiger partial charge in [0.15, 0.2) is 5.82 Å². The largest absolute Gasteiger partial charge is 0.354 e. The van der Waals surface area contributed by atoms with Crippen LogP contribution < -0.4 is 10.5 Å². The van der Waals surface area contributed by atoms with Crippen molar-refractivity contribution in [1.82, 2.24) is 20.2 Å². The number of aryl methyl sites for hydroxylation is 2. The van der Waals surface area contributed by atoms with Crippen molar-refractivity contribution in [2.45, 2.75) is 32.6 Å². The Labute approximate surface area is 123 Å². The molecule has 2 aromatic heterocycles. The first-order chi connectivity index (χ1) is 10.1. The molecule has 3 rings (SSSR count). The minimum Gasteiger partial charge on any atom is -0.354 e. The molecule has 6 heteroatoms. The van der Waals surface area contributed by atoms with Crippen molar-refractivity contribution < 1.29 is 0 Å². The number of anilines is 1. The monoisotopic (exact) mass is 285 g/mol. The average Bonchev–Trinajstić information content (AvgIpc) is 2.47. The van der Waals surface area contributed by atoms with Gasteiger partial charge in [0.1, 0.15) is 5.82 Å². The van der Waals surface area contributed by atoms with Crippen molar-refractivity contribution in [2.24, 2.45) is 0 Å². The Balaban J connectivity index is 1.82. The van der Waals surface area contributed by atoms with Crippen molar-refractivity contribution in [3.05, 3.63) is 45.8 Å². The van der Waals surface area contributed by atoms with Gasteiger partial charge in [-0.25, -0.2) is 4.98 Å². The molecule has 1 aliphatic heterocycles. The molecule has 1 fully saturated rings. The molecule has 1 aliphatic rings. The van der Waals surface area contributed by atoms with Gasteiger partial charge in [0.05, 0.1) is 11.4 Å². The van der Waals surface area contributed by atoms with Gasteiger partial charge < -0.3 is 9.88 Å². The van der Waals surface area contributed by atoms with Gasteiger partial charge >= 0.3 is 0 Å². The van der Waals surface area contributed by atoms with E-state index >= 15 is 0 Å². The van der Waals surface area contributed by atoms with Crippen LogP contribution in [0.15, 0.2) is 23.0 Å². The molecule has 0 aromatic carbocycles. The van der Waals surface area contributed by atoms with Crippen LogP contribution in [-0.2, 0) is 0 Å². The molecular formula is C15H19N5O. The molecule has 0 saturated carbocycles. The Bertz CT molecular complexity index is 679. The predicted molar refractivity (Wildman–Crippen MR) is 80.6 cm³/mol. The third kappa shape index (κ3) is 3.09. The maximum absolute atomic E-state index is 11.6. The molecule has 1 N–H and O–H groups in total. The van der Waals surface area contributed by atoms with Gasteiger partial charge in [-0.05, 0) is 38.8 Å². The topological polar surface area (TPSA) is 74.8 Å². The minimum atomic E-state index is -0.0789. The summed E-state index contributed by atoms with van der Waals surface area (Å²) in [5, 5.41) is 8.37. The summed E-state index contributed by atoms with van der Waals surface area (Å²) in [4.78, 5) is 21.0. The molecule has 1 atom stereocenters. The van der Waals surface area contributed by atoms with E-state index in [1.54, 1.807) is 6.07 Å². The summed E-state index contributed by atoms with van der Waals surface area (Å²) in [5.74, 6) is 1.83. The zero-order valence-corrected chi connectivity index (χ0v) is 12.3. The van der Waals surface area contributed by atoms with Crippen molar-refractivity contribution in [1.29, 1.82) is 0 Å². The third-order valence-electron chi connectivity index (χ3n) is 3.83. The fraction of sp³-hybridized carbons (Fsp3) is 0.467. The van der Waals surface area contributed by atoms with Gasteiger partial charge in [-0.3, -0.25) is 4.79 Å². The fourth-order valence-electron chi connectivity index (χ4n) is 2.80. The second-order valence-electron chi connectivity index (χ2n) is 5.57. The number of aromatic nitrogens is 4. The first-order valence-electron chi connectivity index (χ1n) is 7.25. The van der Waals surface area contributed by atoms with E-state index in [1.165, 1.54) is 0 Å². The number of H-pyrrole nitrogens is 1. The normalized spacial score (nSPS) is 18.8. The maximum Gasteiger partial charge on any atom is 0.251 e. The predicted octanol–water partition coefficient (Wildman–Crippen LogP) is 1.56. The Hall–Kier alpha value is -2.24. The molecule has 21 heavy (non-hydrogen) atoms. The van der Waals surface area contributed by atoms with Crippen molar-refractivity contribution >= 4 is 5.82 Å². The molecule has 0 spiro atoms. The van der Waals surface area contributed by atoms with Gasteiger partial charge in [0, 0.05) is 25.1 Å². The highest BCUT2D eigenvalue weighted by Crippen LogP contribution is 2.27. The number of aromatic amines is 1. The minimum absolute atomic E-state index is 0.0789. The highest BCUT2D eigenvalue weighted by molar-refractivity contribution is 5.38. The standard InChI is InChI=1S/C15H19N5O/c1-10-5-6-14(19-18-10)20-7-3-4-12(9-20)13-8-15(21)17-11(2)16-13/h5-6,8,12H,3-4,7,9H2,1-2H3,(H,16,17,21)/t12-/m0/s1. The summed E-state index contributed by atoms with van der Waals surface area (Å²) < 4.78 is 0. The number of rotatable bonds is 2. The molecule has 0 bridgehead atoms. The molecule has 0 unspecified atom stereocenters. The summed E-state index contributed by atoms with van der Waals surface area (Å²) >= 11 is 0. The quantitative estimate of drug-likeness (QED) is 0.906. The SMILES string of the molecule is Cc1ccc(N2CCC[C@H](c3cc(=O)[nH]c(C)n3)C2)nn1. The molecule has 110 valence electrons. The van der Waals surface area contributed by atoms with E-state index < -0.39 is 0 Å².